The van der Waals surface area contributed by atoms with Crippen LogP contribution in [0.4, 0.5) is 10.1 Å². The van der Waals surface area contributed by atoms with Gasteiger partial charge in [0.1, 0.15) is 12.4 Å². The van der Waals surface area contributed by atoms with E-state index in [1.807, 2.05) is 6.07 Å². The Bertz CT molecular complexity index is 933. The van der Waals surface area contributed by atoms with Crippen molar-refractivity contribution in [3.63, 3.8) is 0 Å². The molecular weight excluding hydrogens is 313 g/mol. The minimum Gasteiger partial charge on any atom is -0.324 e. The van der Waals surface area contributed by atoms with Crippen molar-refractivity contribution in [1.82, 2.24) is 19.8 Å². The van der Waals surface area contributed by atoms with Crippen LogP contribution in [0.25, 0.3) is 5.69 Å². The lowest BCUT2D eigenvalue weighted by atomic mass is 10.2. The molecule has 0 unspecified atom stereocenters. The number of hydrogen-bond acceptors (Lipinski definition) is 4. The molecular formula is C16H14FN5O2. The Hall–Kier alpha value is -3.29. The van der Waals surface area contributed by atoms with E-state index in [1.165, 1.54) is 12.1 Å². The predicted molar refractivity (Wildman–Crippen MR) is 85.4 cm³/mol. The van der Waals surface area contributed by atoms with Crippen LogP contribution in [0.5, 0.6) is 0 Å². The average Bonchev–Trinajstić information content (AvgIpc) is 2.92. The molecule has 1 N–H and O–H groups in total. The normalized spacial score (nSPS) is 10.6. The highest BCUT2D eigenvalue weighted by molar-refractivity contribution is 5.91. The van der Waals surface area contributed by atoms with Gasteiger partial charge in [0.15, 0.2) is 0 Å². The number of aryl methyl sites for hydroxylation is 1. The molecule has 0 saturated heterocycles. The molecule has 0 aliphatic heterocycles. The number of para-hydroxylation sites is 1. The number of benzene rings is 2. The van der Waals surface area contributed by atoms with Crippen molar-refractivity contribution in [3.05, 3.63) is 70.4 Å². The first-order valence-corrected chi connectivity index (χ1v) is 7.19. The molecule has 24 heavy (non-hydrogen) atoms. The Labute approximate surface area is 136 Å². The van der Waals surface area contributed by atoms with Crippen LogP contribution in [0.15, 0.2) is 53.3 Å². The van der Waals surface area contributed by atoms with E-state index in [1.54, 1.807) is 37.3 Å². The summed E-state index contributed by atoms with van der Waals surface area (Å²) in [6, 6.07) is 12.8. The molecule has 0 atom stereocenters. The third-order valence-electron chi connectivity index (χ3n) is 3.41. The largest absolute Gasteiger partial charge is 0.368 e. The highest BCUT2D eigenvalue weighted by Gasteiger charge is 2.13. The van der Waals surface area contributed by atoms with Crippen molar-refractivity contribution >= 4 is 11.6 Å². The summed E-state index contributed by atoms with van der Waals surface area (Å²) in [4.78, 5) is 24.3. The zero-order chi connectivity index (χ0) is 17.1. The van der Waals surface area contributed by atoms with Gasteiger partial charge in [-0.3, -0.25) is 4.79 Å². The Morgan fingerprint density at radius 1 is 1.17 bits per heavy atom. The topological polar surface area (TPSA) is 81.8 Å². The maximum absolute atomic E-state index is 13.2. The Morgan fingerprint density at radius 3 is 2.67 bits per heavy atom. The molecule has 1 aromatic heterocycles. The summed E-state index contributed by atoms with van der Waals surface area (Å²) in [7, 11) is 0. The molecule has 3 aromatic rings. The lowest BCUT2D eigenvalue weighted by Gasteiger charge is -2.07. The van der Waals surface area contributed by atoms with Gasteiger partial charge in [0.25, 0.3) is 0 Å². The van der Waals surface area contributed by atoms with E-state index in [0.717, 1.165) is 9.36 Å². The number of amides is 1. The summed E-state index contributed by atoms with van der Waals surface area (Å²) >= 11 is 0. The molecule has 0 aliphatic carbocycles. The summed E-state index contributed by atoms with van der Waals surface area (Å²) < 4.78 is 15.3. The maximum atomic E-state index is 13.2. The van der Waals surface area contributed by atoms with E-state index < -0.39 is 17.4 Å². The molecule has 0 spiro atoms. The molecule has 0 bridgehead atoms. The summed E-state index contributed by atoms with van der Waals surface area (Å²) in [6.45, 7) is 1.43. The Balaban J connectivity index is 1.77. The molecule has 7 nitrogen and oxygen atoms in total. The number of anilines is 1. The van der Waals surface area contributed by atoms with Crippen LogP contribution in [-0.4, -0.2) is 25.7 Å². The van der Waals surface area contributed by atoms with Crippen molar-refractivity contribution in [2.75, 3.05) is 5.32 Å². The first-order valence-electron chi connectivity index (χ1n) is 7.19. The highest BCUT2D eigenvalue weighted by atomic mass is 19.1. The summed E-state index contributed by atoms with van der Waals surface area (Å²) in [5.41, 5.74) is 1.08. The summed E-state index contributed by atoms with van der Waals surface area (Å²) in [5.74, 6) is -0.950. The number of nitrogens with zero attached hydrogens (tertiary/aromatic N) is 4. The molecule has 8 heteroatoms. The predicted octanol–water partition coefficient (Wildman–Crippen LogP) is 1.52. The number of tetrazole rings is 1. The van der Waals surface area contributed by atoms with Gasteiger partial charge in [0, 0.05) is 5.69 Å². The Morgan fingerprint density at radius 2 is 1.92 bits per heavy atom. The van der Waals surface area contributed by atoms with Gasteiger partial charge < -0.3 is 5.32 Å². The molecule has 1 heterocycles. The van der Waals surface area contributed by atoms with Crippen LogP contribution in [0.3, 0.4) is 0 Å². The standard InChI is InChI=1S/C16H14FN5O2/c1-11-7-8-12(17)9-14(11)18-15(23)10-21-16(24)22(20-19-21)13-5-3-2-4-6-13/h2-9H,10H2,1H3,(H,18,23). The smallest absolute Gasteiger partial charge is 0.324 e. The SMILES string of the molecule is Cc1ccc(F)cc1NC(=O)Cn1nnn(-c2ccccc2)c1=O. The van der Waals surface area contributed by atoms with Crippen LogP contribution in [0.1, 0.15) is 5.56 Å². The number of carbonyl (C=O) groups excluding carboxylic acids is 1. The third-order valence-corrected chi connectivity index (χ3v) is 3.41. The first-order chi connectivity index (χ1) is 11.5. The minimum atomic E-state index is -0.535. The van der Waals surface area contributed by atoms with Gasteiger partial charge in [-0.05, 0) is 47.2 Å². The van der Waals surface area contributed by atoms with E-state index in [0.29, 0.717) is 16.9 Å². The summed E-state index contributed by atoms with van der Waals surface area (Å²) in [6.07, 6.45) is 0. The zero-order valence-corrected chi connectivity index (χ0v) is 12.8. The van der Waals surface area contributed by atoms with E-state index in [2.05, 4.69) is 15.7 Å². The van der Waals surface area contributed by atoms with E-state index >= 15 is 0 Å². The fourth-order valence-corrected chi connectivity index (χ4v) is 2.16. The molecule has 1 amide bonds. The average molecular weight is 327 g/mol. The van der Waals surface area contributed by atoms with Crippen LogP contribution in [-0.2, 0) is 11.3 Å². The van der Waals surface area contributed by atoms with Crippen molar-refractivity contribution in [2.24, 2.45) is 0 Å². The van der Waals surface area contributed by atoms with Gasteiger partial charge in [0.05, 0.1) is 5.69 Å². The number of nitrogens with one attached hydrogen (secondary N) is 1. The van der Waals surface area contributed by atoms with Crippen molar-refractivity contribution in [3.8, 4) is 5.69 Å². The molecule has 2 aromatic carbocycles. The molecule has 0 radical (unpaired) electrons. The van der Waals surface area contributed by atoms with Gasteiger partial charge in [-0.15, -0.1) is 0 Å². The molecule has 3 rings (SSSR count). The number of rotatable bonds is 4. The number of carbonyl (C=O) groups is 1. The Kier molecular flexibility index (Phi) is 4.19. The lowest BCUT2D eigenvalue weighted by molar-refractivity contribution is -0.117. The van der Waals surface area contributed by atoms with Crippen LogP contribution >= 0.6 is 0 Å². The van der Waals surface area contributed by atoms with Crippen LogP contribution in [0.2, 0.25) is 0 Å². The fraction of sp³-hybridized carbons (Fsp3) is 0.125. The number of aromatic nitrogens is 4. The van der Waals surface area contributed by atoms with Crippen LogP contribution in [0, 0.1) is 12.7 Å². The first kappa shape index (κ1) is 15.6. The fourth-order valence-electron chi connectivity index (χ4n) is 2.16. The van der Waals surface area contributed by atoms with E-state index in [4.69, 9.17) is 0 Å². The second kappa shape index (κ2) is 6.45. The van der Waals surface area contributed by atoms with Gasteiger partial charge in [-0.25, -0.2) is 9.18 Å². The van der Waals surface area contributed by atoms with Crippen molar-refractivity contribution in [2.45, 2.75) is 13.5 Å². The minimum absolute atomic E-state index is 0.318. The third kappa shape index (κ3) is 3.22. The van der Waals surface area contributed by atoms with Gasteiger partial charge in [0.2, 0.25) is 5.91 Å². The quantitative estimate of drug-likeness (QED) is 0.787. The molecule has 0 fully saturated rings. The lowest BCUT2D eigenvalue weighted by Crippen LogP contribution is -2.29. The second-order valence-corrected chi connectivity index (χ2v) is 5.17. The monoisotopic (exact) mass is 327 g/mol. The van der Waals surface area contributed by atoms with E-state index in [-0.39, 0.29) is 6.54 Å². The number of halogens is 1. The van der Waals surface area contributed by atoms with E-state index in [9.17, 15) is 14.0 Å². The zero-order valence-electron chi connectivity index (χ0n) is 12.8. The van der Waals surface area contributed by atoms with Crippen LogP contribution < -0.4 is 11.0 Å². The second-order valence-electron chi connectivity index (χ2n) is 5.17. The molecule has 122 valence electrons. The van der Waals surface area contributed by atoms with Gasteiger partial charge in [-0.1, -0.05) is 24.3 Å². The highest BCUT2D eigenvalue weighted by Crippen LogP contribution is 2.15. The molecule has 0 saturated carbocycles. The van der Waals surface area contributed by atoms with Crippen molar-refractivity contribution in [1.29, 1.82) is 0 Å². The van der Waals surface area contributed by atoms with Gasteiger partial charge in [-0.2, -0.15) is 9.36 Å². The maximum Gasteiger partial charge on any atom is 0.368 e. The number of hydrogen-bond donors (Lipinski definition) is 1. The van der Waals surface area contributed by atoms with Crippen molar-refractivity contribution < 1.29 is 9.18 Å². The van der Waals surface area contributed by atoms with Gasteiger partial charge >= 0.3 is 5.69 Å². The molecule has 0 aliphatic rings. The summed E-state index contributed by atoms with van der Waals surface area (Å²) in [5, 5.41) is 10.0.